The first-order valence-electron chi connectivity index (χ1n) is 6.71. The minimum Gasteiger partial charge on any atom is -0.316 e. The third-order valence-corrected chi connectivity index (χ3v) is 4.45. The summed E-state index contributed by atoms with van der Waals surface area (Å²) >= 11 is 0. The van der Waals surface area contributed by atoms with Gasteiger partial charge in [0.25, 0.3) is 0 Å². The Bertz CT molecular complexity index is 544. The second-order valence-electron chi connectivity index (χ2n) is 5.45. The summed E-state index contributed by atoms with van der Waals surface area (Å²) in [6.45, 7) is 6.30. The van der Waals surface area contributed by atoms with Gasteiger partial charge in [-0.1, -0.05) is 19.9 Å². The highest BCUT2D eigenvalue weighted by atomic mass is 32.2. The third-order valence-electron chi connectivity index (χ3n) is 2.85. The van der Waals surface area contributed by atoms with Crippen LogP contribution in [0.3, 0.4) is 0 Å². The van der Waals surface area contributed by atoms with Gasteiger partial charge in [0, 0.05) is 12.6 Å². The van der Waals surface area contributed by atoms with Gasteiger partial charge in [-0.15, -0.1) is 0 Å². The fourth-order valence-corrected chi connectivity index (χ4v) is 3.54. The SMILES string of the molecule is CNCc1ccc(F)c(S(=O)(=O)NC(C)CC(C)C)c1. The lowest BCUT2D eigenvalue weighted by atomic mass is 10.1. The first-order chi connectivity index (χ1) is 9.26. The van der Waals surface area contributed by atoms with Gasteiger partial charge in [0.15, 0.2) is 0 Å². The van der Waals surface area contributed by atoms with Crippen molar-refractivity contribution in [3.8, 4) is 0 Å². The van der Waals surface area contributed by atoms with E-state index in [4.69, 9.17) is 0 Å². The monoisotopic (exact) mass is 302 g/mol. The van der Waals surface area contributed by atoms with E-state index in [1.165, 1.54) is 12.1 Å². The minimum absolute atomic E-state index is 0.229. The molecule has 1 atom stereocenters. The van der Waals surface area contributed by atoms with Crippen molar-refractivity contribution in [1.82, 2.24) is 10.0 Å². The average molecular weight is 302 g/mol. The Morgan fingerprint density at radius 2 is 1.90 bits per heavy atom. The Morgan fingerprint density at radius 3 is 2.45 bits per heavy atom. The molecule has 0 aliphatic carbocycles. The molecule has 1 aromatic rings. The molecule has 1 aromatic carbocycles. The van der Waals surface area contributed by atoms with E-state index >= 15 is 0 Å². The quantitative estimate of drug-likeness (QED) is 0.812. The van der Waals surface area contributed by atoms with Gasteiger partial charge in [0.05, 0.1) is 0 Å². The Balaban J connectivity index is 2.99. The van der Waals surface area contributed by atoms with Crippen molar-refractivity contribution in [3.63, 3.8) is 0 Å². The maximum Gasteiger partial charge on any atom is 0.243 e. The molecule has 0 aromatic heterocycles. The second kappa shape index (κ2) is 7.15. The smallest absolute Gasteiger partial charge is 0.243 e. The van der Waals surface area contributed by atoms with E-state index in [2.05, 4.69) is 10.0 Å². The lowest BCUT2D eigenvalue weighted by Crippen LogP contribution is -2.34. The molecule has 0 aliphatic heterocycles. The third kappa shape index (κ3) is 4.85. The molecule has 0 saturated carbocycles. The maximum absolute atomic E-state index is 13.8. The maximum atomic E-state index is 13.8. The van der Waals surface area contributed by atoms with Crippen molar-refractivity contribution in [2.45, 2.75) is 44.7 Å². The van der Waals surface area contributed by atoms with E-state index in [1.807, 2.05) is 13.8 Å². The van der Waals surface area contributed by atoms with Crippen LogP contribution in [0.15, 0.2) is 23.1 Å². The lowest BCUT2D eigenvalue weighted by molar-refractivity contribution is 0.479. The van der Waals surface area contributed by atoms with Crippen LogP contribution >= 0.6 is 0 Å². The van der Waals surface area contributed by atoms with Gasteiger partial charge in [0.2, 0.25) is 10.0 Å². The van der Waals surface area contributed by atoms with Crippen LogP contribution in [-0.4, -0.2) is 21.5 Å². The van der Waals surface area contributed by atoms with Gasteiger partial charge in [-0.25, -0.2) is 17.5 Å². The van der Waals surface area contributed by atoms with Crippen molar-refractivity contribution in [2.24, 2.45) is 5.92 Å². The Hall–Kier alpha value is -0.980. The van der Waals surface area contributed by atoms with Crippen LogP contribution in [0.25, 0.3) is 0 Å². The summed E-state index contributed by atoms with van der Waals surface area (Å²) in [5.41, 5.74) is 0.728. The molecule has 0 bridgehead atoms. The van der Waals surface area contributed by atoms with E-state index in [-0.39, 0.29) is 10.9 Å². The van der Waals surface area contributed by atoms with Crippen LogP contribution in [0.2, 0.25) is 0 Å². The number of benzene rings is 1. The highest BCUT2D eigenvalue weighted by Gasteiger charge is 2.22. The molecule has 0 fully saturated rings. The molecule has 1 unspecified atom stereocenters. The molecule has 0 amide bonds. The zero-order valence-electron chi connectivity index (χ0n) is 12.4. The summed E-state index contributed by atoms with van der Waals surface area (Å²) in [6.07, 6.45) is 0.705. The number of hydrogen-bond acceptors (Lipinski definition) is 3. The van der Waals surface area contributed by atoms with Gasteiger partial charge in [-0.3, -0.25) is 0 Å². The molecule has 0 spiro atoms. The fourth-order valence-electron chi connectivity index (χ4n) is 2.15. The van der Waals surface area contributed by atoms with Gasteiger partial charge >= 0.3 is 0 Å². The van der Waals surface area contributed by atoms with Gasteiger partial charge in [-0.05, 0) is 44.0 Å². The van der Waals surface area contributed by atoms with E-state index in [1.54, 1.807) is 20.0 Å². The zero-order valence-corrected chi connectivity index (χ0v) is 13.2. The Kier molecular flexibility index (Phi) is 6.10. The predicted octanol–water partition coefficient (Wildman–Crippen LogP) is 2.26. The summed E-state index contributed by atoms with van der Waals surface area (Å²) in [6, 6.07) is 3.90. The molecule has 20 heavy (non-hydrogen) atoms. The largest absolute Gasteiger partial charge is 0.316 e. The van der Waals surface area contributed by atoms with Crippen molar-refractivity contribution >= 4 is 10.0 Å². The van der Waals surface area contributed by atoms with Crippen molar-refractivity contribution < 1.29 is 12.8 Å². The second-order valence-corrected chi connectivity index (χ2v) is 7.13. The Morgan fingerprint density at radius 1 is 1.25 bits per heavy atom. The molecule has 0 heterocycles. The van der Waals surface area contributed by atoms with Crippen molar-refractivity contribution in [1.29, 1.82) is 0 Å². The van der Waals surface area contributed by atoms with Crippen molar-refractivity contribution in [3.05, 3.63) is 29.6 Å². The molecular formula is C14H23FN2O2S. The van der Waals surface area contributed by atoms with Crippen LogP contribution in [0.1, 0.15) is 32.8 Å². The summed E-state index contributed by atoms with van der Waals surface area (Å²) in [7, 11) is -2.08. The van der Waals surface area contributed by atoms with Crippen LogP contribution in [0.5, 0.6) is 0 Å². The predicted molar refractivity (Wildman–Crippen MR) is 78.4 cm³/mol. The molecular weight excluding hydrogens is 279 g/mol. The number of halogens is 1. The minimum atomic E-state index is -3.83. The molecule has 114 valence electrons. The highest BCUT2D eigenvalue weighted by Crippen LogP contribution is 2.18. The van der Waals surface area contributed by atoms with Gasteiger partial charge in [-0.2, -0.15) is 0 Å². The van der Waals surface area contributed by atoms with E-state index in [0.29, 0.717) is 18.9 Å². The van der Waals surface area contributed by atoms with E-state index in [0.717, 1.165) is 5.56 Å². The van der Waals surface area contributed by atoms with Crippen molar-refractivity contribution in [2.75, 3.05) is 7.05 Å². The Labute approximate surface area is 120 Å². The van der Waals surface area contributed by atoms with Gasteiger partial charge < -0.3 is 5.32 Å². The topological polar surface area (TPSA) is 58.2 Å². The van der Waals surface area contributed by atoms with Crippen LogP contribution in [-0.2, 0) is 16.6 Å². The molecule has 2 N–H and O–H groups in total. The number of hydrogen-bond donors (Lipinski definition) is 2. The molecule has 0 radical (unpaired) electrons. The summed E-state index contributed by atoms with van der Waals surface area (Å²) < 4.78 is 40.8. The van der Waals surface area contributed by atoms with Gasteiger partial charge in [0.1, 0.15) is 10.7 Å². The molecule has 0 saturated heterocycles. The zero-order chi connectivity index (χ0) is 15.3. The molecule has 0 aliphatic rings. The molecule has 6 heteroatoms. The average Bonchev–Trinajstić information content (AvgIpc) is 2.29. The number of rotatable bonds is 7. The molecule has 4 nitrogen and oxygen atoms in total. The van der Waals surface area contributed by atoms with Crippen LogP contribution in [0.4, 0.5) is 4.39 Å². The highest BCUT2D eigenvalue weighted by molar-refractivity contribution is 7.89. The molecule has 1 rings (SSSR count). The summed E-state index contributed by atoms with van der Waals surface area (Å²) in [5.74, 6) is -0.359. The summed E-state index contributed by atoms with van der Waals surface area (Å²) in [5, 5.41) is 2.91. The standard InChI is InChI=1S/C14H23FN2O2S/c1-10(2)7-11(3)17-20(18,19)14-8-12(9-16-4)5-6-13(14)15/h5-6,8,10-11,16-17H,7,9H2,1-4H3. The summed E-state index contributed by atoms with van der Waals surface area (Å²) in [4.78, 5) is -0.291. The lowest BCUT2D eigenvalue weighted by Gasteiger charge is -2.16. The first kappa shape index (κ1) is 17.1. The fraction of sp³-hybridized carbons (Fsp3) is 0.571. The van der Waals surface area contributed by atoms with E-state index < -0.39 is 15.8 Å². The number of sulfonamides is 1. The normalized spacial score (nSPS) is 13.7. The van der Waals surface area contributed by atoms with E-state index in [9.17, 15) is 12.8 Å². The first-order valence-corrected chi connectivity index (χ1v) is 8.20. The van der Waals surface area contributed by atoms with Crippen LogP contribution in [0, 0.1) is 11.7 Å². The van der Waals surface area contributed by atoms with Crippen LogP contribution < -0.4 is 10.0 Å². The number of nitrogens with one attached hydrogen (secondary N) is 2.